The Kier molecular flexibility index (Phi) is 7.54. The summed E-state index contributed by atoms with van der Waals surface area (Å²) in [5, 5.41) is 7.53. The van der Waals surface area contributed by atoms with E-state index in [0.29, 0.717) is 29.9 Å². The van der Waals surface area contributed by atoms with Crippen molar-refractivity contribution in [1.29, 1.82) is 0 Å². The van der Waals surface area contributed by atoms with E-state index in [9.17, 15) is 14.0 Å². The molecule has 0 saturated heterocycles. The number of nitrogens with one attached hydrogen (secondary N) is 1. The van der Waals surface area contributed by atoms with Crippen LogP contribution >= 0.6 is 0 Å². The molecule has 3 rings (SSSR count). The van der Waals surface area contributed by atoms with Crippen molar-refractivity contribution in [1.82, 2.24) is 15.1 Å². The predicted octanol–water partition coefficient (Wildman–Crippen LogP) is 4.45. The summed E-state index contributed by atoms with van der Waals surface area (Å²) >= 11 is 0. The van der Waals surface area contributed by atoms with Gasteiger partial charge >= 0.3 is 5.97 Å². The molecule has 0 aliphatic heterocycles. The summed E-state index contributed by atoms with van der Waals surface area (Å²) in [6.45, 7) is 2.49. The van der Waals surface area contributed by atoms with Crippen molar-refractivity contribution in [2.24, 2.45) is 0 Å². The standard InChI is InChI=1S/C24H26FN3O3/c1-17-7-9-18(10-8-17)23-21(16-28(27-23)20-13-11-19(25)12-14-20)24(30)26-15-5-3-4-6-22(29)31-2/h7-14,16H,3-6,15H2,1-2H3,(H,26,30). The number of halogens is 1. The lowest BCUT2D eigenvalue weighted by Gasteiger charge is -2.06. The third-order valence-corrected chi connectivity index (χ3v) is 4.95. The molecule has 0 saturated carbocycles. The molecule has 0 aliphatic rings. The van der Waals surface area contributed by atoms with Crippen molar-refractivity contribution >= 4 is 11.9 Å². The molecule has 3 aromatic rings. The molecule has 0 aliphatic carbocycles. The number of hydrogen-bond donors (Lipinski definition) is 1. The monoisotopic (exact) mass is 423 g/mol. The summed E-state index contributed by atoms with van der Waals surface area (Å²) in [5.41, 5.74) is 3.61. The molecule has 1 heterocycles. The number of benzene rings is 2. The molecule has 0 bridgehead atoms. The zero-order chi connectivity index (χ0) is 22.2. The summed E-state index contributed by atoms with van der Waals surface area (Å²) in [7, 11) is 1.38. The second kappa shape index (κ2) is 10.5. The van der Waals surface area contributed by atoms with Crippen LogP contribution < -0.4 is 5.32 Å². The zero-order valence-electron chi connectivity index (χ0n) is 17.7. The fourth-order valence-electron chi connectivity index (χ4n) is 3.16. The fourth-order valence-corrected chi connectivity index (χ4v) is 3.16. The van der Waals surface area contributed by atoms with Crippen LogP contribution in [0.4, 0.5) is 4.39 Å². The van der Waals surface area contributed by atoms with E-state index in [2.05, 4.69) is 15.2 Å². The first-order chi connectivity index (χ1) is 15.0. The van der Waals surface area contributed by atoms with Crippen molar-refractivity contribution in [3.05, 3.63) is 71.7 Å². The van der Waals surface area contributed by atoms with E-state index < -0.39 is 0 Å². The van der Waals surface area contributed by atoms with Gasteiger partial charge in [-0.25, -0.2) is 9.07 Å². The average Bonchev–Trinajstić information content (AvgIpc) is 3.22. The van der Waals surface area contributed by atoms with Crippen LogP contribution in [0.3, 0.4) is 0 Å². The highest BCUT2D eigenvalue weighted by atomic mass is 19.1. The molecule has 1 N–H and O–H groups in total. The molecular formula is C24H26FN3O3. The second-order valence-corrected chi connectivity index (χ2v) is 7.32. The van der Waals surface area contributed by atoms with Gasteiger partial charge in [-0.2, -0.15) is 5.10 Å². The number of carbonyl (C=O) groups excluding carboxylic acids is 2. The van der Waals surface area contributed by atoms with Gasteiger partial charge in [0.2, 0.25) is 0 Å². The number of aromatic nitrogens is 2. The van der Waals surface area contributed by atoms with Crippen LogP contribution in [0.1, 0.15) is 41.6 Å². The third kappa shape index (κ3) is 6.01. The summed E-state index contributed by atoms with van der Waals surface area (Å²) in [6.07, 6.45) is 4.34. The van der Waals surface area contributed by atoms with E-state index in [1.54, 1.807) is 23.0 Å². The first kappa shape index (κ1) is 22.2. The van der Waals surface area contributed by atoms with Crippen molar-refractivity contribution < 1.29 is 18.7 Å². The molecule has 1 aromatic heterocycles. The molecule has 0 unspecified atom stereocenters. The molecule has 1 amide bonds. The van der Waals surface area contributed by atoms with Gasteiger partial charge in [-0.3, -0.25) is 9.59 Å². The SMILES string of the molecule is COC(=O)CCCCCNC(=O)c1cn(-c2ccc(F)cc2)nc1-c1ccc(C)cc1. The fraction of sp³-hybridized carbons (Fsp3) is 0.292. The molecule has 6 nitrogen and oxygen atoms in total. The first-order valence-corrected chi connectivity index (χ1v) is 10.3. The van der Waals surface area contributed by atoms with Crippen molar-refractivity contribution in [3.63, 3.8) is 0 Å². The van der Waals surface area contributed by atoms with Gasteiger partial charge in [-0.15, -0.1) is 0 Å². The Morgan fingerprint density at radius 1 is 1.03 bits per heavy atom. The molecule has 31 heavy (non-hydrogen) atoms. The lowest BCUT2D eigenvalue weighted by Crippen LogP contribution is -2.24. The minimum Gasteiger partial charge on any atom is -0.469 e. The van der Waals surface area contributed by atoms with Crippen LogP contribution in [0.15, 0.2) is 54.7 Å². The van der Waals surface area contributed by atoms with Gasteiger partial charge in [0.1, 0.15) is 11.5 Å². The Morgan fingerprint density at radius 3 is 2.42 bits per heavy atom. The molecular weight excluding hydrogens is 397 g/mol. The first-order valence-electron chi connectivity index (χ1n) is 10.3. The topological polar surface area (TPSA) is 73.2 Å². The van der Waals surface area contributed by atoms with E-state index in [0.717, 1.165) is 30.4 Å². The predicted molar refractivity (Wildman–Crippen MR) is 117 cm³/mol. The van der Waals surface area contributed by atoms with Crippen LogP contribution in [-0.4, -0.2) is 35.3 Å². The number of aryl methyl sites for hydroxylation is 1. The number of unbranched alkanes of at least 4 members (excludes halogenated alkanes) is 2. The van der Waals surface area contributed by atoms with E-state index in [1.165, 1.54) is 19.2 Å². The normalized spacial score (nSPS) is 10.7. The van der Waals surface area contributed by atoms with Gasteiger partial charge in [0.15, 0.2) is 0 Å². The van der Waals surface area contributed by atoms with Crippen LogP contribution in [0.25, 0.3) is 16.9 Å². The van der Waals surface area contributed by atoms with Gasteiger partial charge in [-0.1, -0.05) is 36.2 Å². The number of hydrogen-bond acceptors (Lipinski definition) is 4. The van der Waals surface area contributed by atoms with Crippen molar-refractivity contribution in [2.45, 2.75) is 32.6 Å². The Balaban J connectivity index is 1.74. The molecule has 0 radical (unpaired) electrons. The van der Waals surface area contributed by atoms with Gasteiger partial charge in [0.25, 0.3) is 5.91 Å². The molecule has 162 valence electrons. The summed E-state index contributed by atoms with van der Waals surface area (Å²) in [4.78, 5) is 24.0. The van der Waals surface area contributed by atoms with Gasteiger partial charge in [0, 0.05) is 24.7 Å². The maximum Gasteiger partial charge on any atom is 0.305 e. The number of nitrogens with zero attached hydrogens (tertiary/aromatic N) is 2. The van der Waals surface area contributed by atoms with Crippen LogP contribution in [0.5, 0.6) is 0 Å². The van der Waals surface area contributed by atoms with Gasteiger partial charge in [0.05, 0.1) is 18.4 Å². The Morgan fingerprint density at radius 2 is 1.74 bits per heavy atom. The highest BCUT2D eigenvalue weighted by Gasteiger charge is 2.18. The summed E-state index contributed by atoms with van der Waals surface area (Å²) in [6, 6.07) is 13.7. The van der Waals surface area contributed by atoms with E-state index in [1.807, 2.05) is 31.2 Å². The maximum atomic E-state index is 13.3. The Hall–Kier alpha value is -3.48. The number of amides is 1. The highest BCUT2D eigenvalue weighted by Crippen LogP contribution is 2.24. The number of ether oxygens (including phenoxy) is 1. The van der Waals surface area contributed by atoms with Crippen molar-refractivity contribution in [3.8, 4) is 16.9 Å². The number of methoxy groups -OCH3 is 1. The maximum absolute atomic E-state index is 13.3. The molecule has 0 atom stereocenters. The minimum absolute atomic E-state index is 0.222. The summed E-state index contributed by atoms with van der Waals surface area (Å²) in [5.74, 6) is -0.781. The van der Waals surface area contributed by atoms with Gasteiger partial charge < -0.3 is 10.1 Å². The largest absolute Gasteiger partial charge is 0.469 e. The number of esters is 1. The quantitative estimate of drug-likeness (QED) is 0.408. The van der Waals surface area contributed by atoms with Crippen molar-refractivity contribution in [2.75, 3.05) is 13.7 Å². The minimum atomic E-state index is -0.333. The van der Waals surface area contributed by atoms with E-state index in [-0.39, 0.29) is 17.7 Å². The van der Waals surface area contributed by atoms with Crippen LogP contribution in [-0.2, 0) is 9.53 Å². The molecule has 2 aromatic carbocycles. The number of carbonyl (C=O) groups is 2. The summed E-state index contributed by atoms with van der Waals surface area (Å²) < 4.78 is 19.5. The molecule has 7 heteroatoms. The van der Waals surface area contributed by atoms with Crippen LogP contribution in [0, 0.1) is 12.7 Å². The Labute approximate surface area is 181 Å². The lowest BCUT2D eigenvalue weighted by atomic mass is 10.1. The lowest BCUT2D eigenvalue weighted by molar-refractivity contribution is -0.140. The average molecular weight is 423 g/mol. The second-order valence-electron chi connectivity index (χ2n) is 7.32. The molecule has 0 fully saturated rings. The van der Waals surface area contributed by atoms with E-state index in [4.69, 9.17) is 0 Å². The zero-order valence-corrected chi connectivity index (χ0v) is 17.7. The number of rotatable bonds is 9. The smallest absolute Gasteiger partial charge is 0.305 e. The highest BCUT2D eigenvalue weighted by molar-refractivity contribution is 5.99. The third-order valence-electron chi connectivity index (χ3n) is 4.95. The molecule has 0 spiro atoms. The van der Waals surface area contributed by atoms with E-state index >= 15 is 0 Å². The van der Waals surface area contributed by atoms with Crippen LogP contribution in [0.2, 0.25) is 0 Å². The van der Waals surface area contributed by atoms with Gasteiger partial charge in [-0.05, 0) is 44.0 Å². The Bertz CT molecular complexity index is 1030.